The van der Waals surface area contributed by atoms with Crippen LogP contribution in [-0.4, -0.2) is 18.3 Å². The van der Waals surface area contributed by atoms with Gasteiger partial charge in [0.25, 0.3) is 0 Å². The maximum atomic E-state index is 10.0. The van der Waals surface area contributed by atoms with Crippen molar-refractivity contribution in [1.82, 2.24) is 0 Å². The van der Waals surface area contributed by atoms with Gasteiger partial charge in [0, 0.05) is 5.56 Å². The van der Waals surface area contributed by atoms with E-state index >= 15 is 0 Å². The first-order valence-corrected chi connectivity index (χ1v) is 2.98. The number of nitrogens with two attached hydrogens (primary N) is 1. The van der Waals surface area contributed by atoms with E-state index in [9.17, 15) is 4.79 Å². The average molecular weight is 169 g/mol. The normalized spacial score (nSPS) is 6.50. The van der Waals surface area contributed by atoms with Crippen LogP contribution >= 0.6 is 0 Å². The van der Waals surface area contributed by atoms with Crippen molar-refractivity contribution in [2.24, 2.45) is 5.90 Å². The van der Waals surface area contributed by atoms with Crippen LogP contribution in [0.4, 0.5) is 0 Å². The molecule has 0 saturated heterocycles. The van der Waals surface area contributed by atoms with E-state index in [1.807, 2.05) is 25.0 Å². The summed E-state index contributed by atoms with van der Waals surface area (Å²) < 4.78 is 0. The highest BCUT2D eigenvalue weighted by Crippen LogP contribution is 1.91. The van der Waals surface area contributed by atoms with Gasteiger partial charge in [0.15, 0.2) is 0 Å². The molecular weight excluding hydrogens is 158 g/mol. The van der Waals surface area contributed by atoms with Gasteiger partial charge in [0.1, 0.15) is 13.1 Å². The van der Waals surface area contributed by atoms with Crippen molar-refractivity contribution < 1.29 is 14.8 Å². The number of benzene rings is 1. The maximum Gasteiger partial charge on any atom is 0.150 e. The zero-order chi connectivity index (χ0) is 9.82. The lowest BCUT2D eigenvalue weighted by Crippen LogP contribution is -1.73. The fourth-order valence-electron chi connectivity index (χ4n) is 0.532. The predicted molar refractivity (Wildman–Crippen MR) is 44.9 cm³/mol. The molecule has 66 valence electrons. The van der Waals surface area contributed by atoms with Crippen molar-refractivity contribution in [2.45, 2.75) is 0 Å². The predicted octanol–water partition coefficient (Wildman–Crippen LogP) is 0.648. The van der Waals surface area contributed by atoms with Crippen LogP contribution in [0.1, 0.15) is 10.4 Å². The molecule has 0 atom stereocenters. The lowest BCUT2D eigenvalue weighted by molar-refractivity contribution is -0.0979. The van der Waals surface area contributed by atoms with Gasteiger partial charge in [-0.05, 0) is 0 Å². The molecule has 0 amide bonds. The molecule has 0 fully saturated rings. The Kier molecular flexibility index (Phi) is 13.3. The minimum absolute atomic E-state index is 0.729. The third-order valence-corrected chi connectivity index (χ3v) is 0.936. The van der Waals surface area contributed by atoms with Crippen LogP contribution < -0.4 is 5.90 Å². The molecule has 0 radical (unpaired) electrons. The van der Waals surface area contributed by atoms with Crippen molar-refractivity contribution >= 4 is 13.1 Å². The Bertz CT molecular complexity index is 189. The SMILES string of the molecule is C=O.NO.O=Cc1ccccc1. The first-order chi connectivity index (χ1) is 5.93. The highest BCUT2D eigenvalue weighted by molar-refractivity contribution is 5.74. The summed E-state index contributed by atoms with van der Waals surface area (Å²) in [5.74, 6) is 3.50. The van der Waals surface area contributed by atoms with Crippen LogP contribution in [0, 0.1) is 0 Å². The second-order valence-electron chi connectivity index (χ2n) is 1.53. The van der Waals surface area contributed by atoms with Gasteiger partial charge in [-0.1, -0.05) is 30.3 Å². The molecule has 0 unspecified atom stereocenters. The van der Waals surface area contributed by atoms with E-state index in [2.05, 4.69) is 5.90 Å². The van der Waals surface area contributed by atoms with Crippen LogP contribution in [0.25, 0.3) is 0 Å². The number of carbonyl (C=O) groups excluding carboxylic acids is 2. The zero-order valence-electron chi connectivity index (χ0n) is 6.51. The summed E-state index contributed by atoms with van der Waals surface area (Å²) in [7, 11) is 0. The minimum Gasteiger partial charge on any atom is -0.320 e. The van der Waals surface area contributed by atoms with Crippen LogP contribution in [-0.2, 0) is 4.79 Å². The molecule has 1 aromatic carbocycles. The van der Waals surface area contributed by atoms with Gasteiger partial charge in [-0.3, -0.25) is 4.79 Å². The number of hydrogen-bond acceptors (Lipinski definition) is 4. The Morgan fingerprint density at radius 1 is 1.17 bits per heavy atom. The highest BCUT2D eigenvalue weighted by atomic mass is 16.4. The third kappa shape index (κ3) is 6.60. The summed E-state index contributed by atoms with van der Waals surface area (Å²) in [6.07, 6.45) is 0.833. The zero-order valence-corrected chi connectivity index (χ0v) is 6.51. The number of carbonyl (C=O) groups is 2. The van der Waals surface area contributed by atoms with E-state index in [1.54, 1.807) is 12.1 Å². The van der Waals surface area contributed by atoms with Crippen molar-refractivity contribution in [2.75, 3.05) is 0 Å². The molecular formula is C8H11NO3. The molecule has 4 heteroatoms. The molecule has 0 aliphatic carbocycles. The van der Waals surface area contributed by atoms with Crippen LogP contribution in [0.5, 0.6) is 0 Å². The van der Waals surface area contributed by atoms with Gasteiger partial charge in [0.05, 0.1) is 0 Å². The molecule has 0 aromatic heterocycles. The monoisotopic (exact) mass is 169 g/mol. The maximum absolute atomic E-state index is 10.0. The standard InChI is InChI=1S/C7H6O.CH2O.H3NO/c8-6-7-4-2-1-3-5-7;2*1-2/h1-6H;1H2;2H,1H2. The van der Waals surface area contributed by atoms with Crippen molar-refractivity contribution in [1.29, 1.82) is 0 Å². The molecule has 0 spiro atoms. The summed E-state index contributed by atoms with van der Waals surface area (Å²) in [5.41, 5.74) is 0.729. The second kappa shape index (κ2) is 12.2. The minimum atomic E-state index is 0.729. The summed E-state index contributed by atoms with van der Waals surface area (Å²) in [6, 6.07) is 9.10. The first-order valence-electron chi connectivity index (χ1n) is 2.98. The lowest BCUT2D eigenvalue weighted by atomic mass is 10.2. The summed E-state index contributed by atoms with van der Waals surface area (Å²) in [4.78, 5) is 18.0. The summed E-state index contributed by atoms with van der Waals surface area (Å²) >= 11 is 0. The molecule has 0 aliphatic heterocycles. The Morgan fingerprint density at radius 2 is 1.58 bits per heavy atom. The van der Waals surface area contributed by atoms with Crippen molar-refractivity contribution in [3.63, 3.8) is 0 Å². The number of rotatable bonds is 1. The van der Waals surface area contributed by atoms with Gasteiger partial charge in [-0.15, -0.1) is 0 Å². The van der Waals surface area contributed by atoms with Crippen molar-refractivity contribution in [3.8, 4) is 0 Å². The molecule has 3 N–H and O–H groups in total. The van der Waals surface area contributed by atoms with E-state index in [4.69, 9.17) is 10.0 Å². The molecule has 0 heterocycles. The quantitative estimate of drug-likeness (QED) is 0.477. The van der Waals surface area contributed by atoms with Crippen molar-refractivity contribution in [3.05, 3.63) is 35.9 Å². The van der Waals surface area contributed by atoms with E-state index in [0.29, 0.717) is 0 Å². The van der Waals surface area contributed by atoms with Crippen LogP contribution in [0.3, 0.4) is 0 Å². The van der Waals surface area contributed by atoms with Gasteiger partial charge in [0.2, 0.25) is 0 Å². The number of hydrogen-bond donors (Lipinski definition) is 2. The largest absolute Gasteiger partial charge is 0.320 e. The summed E-state index contributed by atoms with van der Waals surface area (Å²) in [6.45, 7) is 2.00. The lowest BCUT2D eigenvalue weighted by Gasteiger charge is -1.81. The highest BCUT2D eigenvalue weighted by Gasteiger charge is 1.79. The fraction of sp³-hybridized carbons (Fsp3) is 0. The molecule has 12 heavy (non-hydrogen) atoms. The molecule has 0 saturated carbocycles. The fourth-order valence-corrected chi connectivity index (χ4v) is 0.532. The average Bonchev–Trinajstić information content (AvgIpc) is 2.25. The molecule has 1 aromatic rings. The van der Waals surface area contributed by atoms with Gasteiger partial charge in [-0.2, -0.15) is 0 Å². The summed E-state index contributed by atoms with van der Waals surface area (Å²) in [5, 5.41) is 6.50. The Morgan fingerprint density at radius 3 is 1.83 bits per heavy atom. The Balaban J connectivity index is 0. The van der Waals surface area contributed by atoms with E-state index in [-0.39, 0.29) is 0 Å². The third-order valence-electron chi connectivity index (χ3n) is 0.936. The Labute approximate surface area is 70.6 Å². The molecule has 4 nitrogen and oxygen atoms in total. The van der Waals surface area contributed by atoms with Gasteiger partial charge < -0.3 is 10.0 Å². The van der Waals surface area contributed by atoms with E-state index in [0.717, 1.165) is 11.8 Å². The topological polar surface area (TPSA) is 80.4 Å². The van der Waals surface area contributed by atoms with E-state index < -0.39 is 0 Å². The molecule has 0 aliphatic rings. The number of aldehydes is 1. The van der Waals surface area contributed by atoms with Crippen LogP contribution in [0.2, 0.25) is 0 Å². The van der Waals surface area contributed by atoms with Crippen LogP contribution in [0.15, 0.2) is 30.3 Å². The first kappa shape index (κ1) is 13.1. The molecule has 0 bridgehead atoms. The second-order valence-corrected chi connectivity index (χ2v) is 1.53. The Hall–Kier alpha value is -1.52. The van der Waals surface area contributed by atoms with Gasteiger partial charge >= 0.3 is 0 Å². The molecule has 1 rings (SSSR count). The smallest absolute Gasteiger partial charge is 0.150 e. The van der Waals surface area contributed by atoms with E-state index in [1.165, 1.54) is 0 Å². The van der Waals surface area contributed by atoms with Gasteiger partial charge in [-0.25, -0.2) is 5.90 Å².